The fourth-order valence-corrected chi connectivity index (χ4v) is 3.53. The number of nitrogens with zero attached hydrogens (tertiary/aromatic N) is 3. The Morgan fingerprint density at radius 1 is 1.00 bits per heavy atom. The molecule has 0 heterocycles. The molecule has 136 valence electrons. The molecule has 0 fully saturated rings. The van der Waals surface area contributed by atoms with E-state index in [0.717, 1.165) is 36.4 Å². The van der Waals surface area contributed by atoms with E-state index in [4.69, 9.17) is 5.11 Å². The molecule has 0 amide bonds. The predicted octanol–water partition coefficient (Wildman–Crippen LogP) is 1.78. The molecule has 0 unspecified atom stereocenters. The average Bonchev–Trinajstić information content (AvgIpc) is 2.59. The van der Waals surface area contributed by atoms with Crippen molar-refractivity contribution in [2.24, 2.45) is 0 Å². The van der Waals surface area contributed by atoms with Gasteiger partial charge in [0.15, 0.2) is 0 Å². The summed E-state index contributed by atoms with van der Waals surface area (Å²) in [5.74, 6) is -1.51. The highest BCUT2D eigenvalue weighted by atomic mass is 32.2. The number of carboxylic acid groups (broad SMARTS) is 1. The molecule has 2 aromatic carbocycles. The number of nitro groups is 2. The SMILES string of the molecule is O=C(O)CN(c1cccc([N+](=O)[O-])c1)S(=O)(=O)c1cccc([N+](=O)[O-])c1. The number of hydrogen-bond donors (Lipinski definition) is 1. The van der Waals surface area contributed by atoms with Gasteiger partial charge in [0.2, 0.25) is 0 Å². The lowest BCUT2D eigenvalue weighted by Gasteiger charge is -2.22. The molecule has 2 aromatic rings. The molecule has 0 saturated carbocycles. The molecule has 0 saturated heterocycles. The zero-order chi connectivity index (χ0) is 19.5. The van der Waals surface area contributed by atoms with E-state index in [1.165, 1.54) is 12.1 Å². The Labute approximate surface area is 146 Å². The third-order valence-corrected chi connectivity index (χ3v) is 4.99. The summed E-state index contributed by atoms with van der Waals surface area (Å²) in [7, 11) is -4.52. The number of carbonyl (C=O) groups is 1. The van der Waals surface area contributed by atoms with Crippen molar-refractivity contribution in [2.45, 2.75) is 4.90 Å². The van der Waals surface area contributed by atoms with Crippen LogP contribution in [0.4, 0.5) is 17.1 Å². The summed E-state index contributed by atoms with van der Waals surface area (Å²) in [5.41, 5.74) is -1.19. The van der Waals surface area contributed by atoms with E-state index < -0.39 is 48.7 Å². The first kappa shape index (κ1) is 18.8. The third-order valence-electron chi connectivity index (χ3n) is 3.22. The number of nitro benzene ring substituents is 2. The van der Waals surface area contributed by atoms with Gasteiger partial charge in [0.1, 0.15) is 6.54 Å². The number of hydrogen-bond acceptors (Lipinski definition) is 7. The largest absolute Gasteiger partial charge is 0.480 e. The van der Waals surface area contributed by atoms with Crippen molar-refractivity contribution < 1.29 is 28.2 Å². The standard InChI is InChI=1S/C14H11N3O8S/c18-14(19)9-15(10-3-1-4-11(7-10)16(20)21)26(24,25)13-6-2-5-12(8-13)17(22)23/h1-8H,9H2,(H,18,19). The van der Waals surface area contributed by atoms with Gasteiger partial charge in [-0.3, -0.25) is 29.3 Å². The van der Waals surface area contributed by atoms with Gasteiger partial charge < -0.3 is 5.11 Å². The molecule has 0 radical (unpaired) electrons. The van der Waals surface area contributed by atoms with Crippen LogP contribution in [0.25, 0.3) is 0 Å². The van der Waals surface area contributed by atoms with Gasteiger partial charge in [-0.05, 0) is 12.1 Å². The number of anilines is 1. The lowest BCUT2D eigenvalue weighted by Crippen LogP contribution is -2.35. The second kappa shape index (κ2) is 7.14. The van der Waals surface area contributed by atoms with Crippen molar-refractivity contribution >= 4 is 33.1 Å². The monoisotopic (exact) mass is 381 g/mol. The molecule has 0 bridgehead atoms. The second-order valence-electron chi connectivity index (χ2n) is 4.94. The summed E-state index contributed by atoms with van der Waals surface area (Å²) >= 11 is 0. The smallest absolute Gasteiger partial charge is 0.324 e. The minimum absolute atomic E-state index is 0.256. The van der Waals surface area contributed by atoms with Crippen LogP contribution < -0.4 is 4.31 Å². The van der Waals surface area contributed by atoms with Crippen LogP contribution in [0.5, 0.6) is 0 Å². The summed E-state index contributed by atoms with van der Waals surface area (Å²) in [5, 5.41) is 30.8. The van der Waals surface area contributed by atoms with Crippen LogP contribution >= 0.6 is 0 Å². The van der Waals surface area contributed by atoms with Gasteiger partial charge >= 0.3 is 5.97 Å². The Kier molecular flexibility index (Phi) is 5.16. The van der Waals surface area contributed by atoms with E-state index in [-0.39, 0.29) is 5.69 Å². The molecule has 2 rings (SSSR count). The third kappa shape index (κ3) is 3.92. The maximum absolute atomic E-state index is 12.8. The fourth-order valence-electron chi connectivity index (χ4n) is 2.08. The van der Waals surface area contributed by atoms with Crippen molar-refractivity contribution in [1.29, 1.82) is 0 Å². The number of carboxylic acids is 1. The molecule has 0 spiro atoms. The van der Waals surface area contributed by atoms with Gasteiger partial charge in [-0.2, -0.15) is 0 Å². The zero-order valence-corrected chi connectivity index (χ0v) is 13.7. The normalized spacial score (nSPS) is 10.9. The Morgan fingerprint density at radius 2 is 1.54 bits per heavy atom. The molecule has 1 N–H and O–H groups in total. The number of benzene rings is 2. The van der Waals surface area contributed by atoms with Gasteiger partial charge in [0.25, 0.3) is 21.4 Å². The molecular weight excluding hydrogens is 370 g/mol. The minimum Gasteiger partial charge on any atom is -0.480 e. The molecule has 26 heavy (non-hydrogen) atoms. The van der Waals surface area contributed by atoms with E-state index >= 15 is 0 Å². The molecule has 0 atom stereocenters. The zero-order valence-electron chi connectivity index (χ0n) is 12.9. The van der Waals surface area contributed by atoms with Crippen LogP contribution in [0.2, 0.25) is 0 Å². The maximum Gasteiger partial charge on any atom is 0.324 e. The van der Waals surface area contributed by atoms with Crippen LogP contribution in [-0.2, 0) is 14.8 Å². The molecule has 0 aliphatic heterocycles. The van der Waals surface area contributed by atoms with E-state index in [2.05, 4.69) is 0 Å². The first-order valence-corrected chi connectivity index (χ1v) is 8.30. The molecule has 0 aliphatic carbocycles. The van der Waals surface area contributed by atoms with Gasteiger partial charge in [-0.25, -0.2) is 8.42 Å². The van der Waals surface area contributed by atoms with Crippen LogP contribution in [0.3, 0.4) is 0 Å². The summed E-state index contributed by atoms with van der Waals surface area (Å²) in [6, 6.07) is 8.46. The number of aliphatic carboxylic acids is 1. The molecule has 11 nitrogen and oxygen atoms in total. The van der Waals surface area contributed by atoms with Crippen molar-refractivity contribution in [2.75, 3.05) is 10.8 Å². The van der Waals surface area contributed by atoms with E-state index in [1.54, 1.807) is 0 Å². The van der Waals surface area contributed by atoms with Crippen molar-refractivity contribution in [3.8, 4) is 0 Å². The Balaban J connectivity index is 2.60. The Morgan fingerprint density at radius 3 is 2.08 bits per heavy atom. The first-order chi connectivity index (χ1) is 12.1. The van der Waals surface area contributed by atoms with Crippen molar-refractivity contribution in [3.05, 3.63) is 68.8 Å². The van der Waals surface area contributed by atoms with Crippen LogP contribution in [0.15, 0.2) is 53.4 Å². The van der Waals surface area contributed by atoms with E-state index in [9.17, 15) is 33.4 Å². The minimum atomic E-state index is -4.52. The summed E-state index contributed by atoms with van der Waals surface area (Å²) in [4.78, 5) is 30.8. The number of rotatable bonds is 7. The lowest BCUT2D eigenvalue weighted by atomic mass is 10.3. The van der Waals surface area contributed by atoms with Crippen LogP contribution in [0, 0.1) is 20.2 Å². The summed E-state index contributed by atoms with van der Waals surface area (Å²) < 4.78 is 26.0. The van der Waals surface area contributed by atoms with Gasteiger partial charge in [-0.1, -0.05) is 12.1 Å². The first-order valence-electron chi connectivity index (χ1n) is 6.86. The average molecular weight is 381 g/mol. The molecule has 0 aromatic heterocycles. The highest BCUT2D eigenvalue weighted by molar-refractivity contribution is 7.92. The number of non-ortho nitro benzene ring substituents is 2. The van der Waals surface area contributed by atoms with Gasteiger partial charge in [0, 0.05) is 24.3 Å². The van der Waals surface area contributed by atoms with Crippen LogP contribution in [-0.4, -0.2) is 35.9 Å². The highest BCUT2D eigenvalue weighted by Crippen LogP contribution is 2.28. The quantitative estimate of drug-likeness (QED) is 0.560. The topological polar surface area (TPSA) is 161 Å². The summed E-state index contributed by atoms with van der Waals surface area (Å²) in [6.07, 6.45) is 0. The van der Waals surface area contributed by atoms with Crippen LogP contribution in [0.1, 0.15) is 0 Å². The molecule has 0 aliphatic rings. The Hall–Kier alpha value is -3.54. The fraction of sp³-hybridized carbons (Fsp3) is 0.0714. The highest BCUT2D eigenvalue weighted by Gasteiger charge is 2.29. The molecular formula is C14H11N3O8S. The van der Waals surface area contributed by atoms with Gasteiger partial charge in [0.05, 0.1) is 20.4 Å². The molecule has 12 heteroatoms. The Bertz CT molecular complexity index is 989. The van der Waals surface area contributed by atoms with Crippen molar-refractivity contribution in [1.82, 2.24) is 0 Å². The van der Waals surface area contributed by atoms with Crippen molar-refractivity contribution in [3.63, 3.8) is 0 Å². The predicted molar refractivity (Wildman–Crippen MR) is 88.4 cm³/mol. The second-order valence-corrected chi connectivity index (χ2v) is 6.80. The maximum atomic E-state index is 12.8. The number of sulfonamides is 1. The van der Waals surface area contributed by atoms with Gasteiger partial charge in [-0.15, -0.1) is 0 Å². The van der Waals surface area contributed by atoms with E-state index in [1.807, 2.05) is 0 Å². The summed E-state index contributed by atoms with van der Waals surface area (Å²) in [6.45, 7) is -1.02. The van der Waals surface area contributed by atoms with E-state index in [0.29, 0.717) is 4.31 Å². The lowest BCUT2D eigenvalue weighted by molar-refractivity contribution is -0.385.